The molecule has 1 N–H and O–H groups in total. The maximum Gasteiger partial charge on any atom is 0.158 e. The molecule has 0 atom stereocenters. The quantitative estimate of drug-likeness (QED) is 0.289. The molecular weight excluding hydrogens is 442 g/mol. The fourth-order valence-electron chi connectivity index (χ4n) is 3.50. The number of nitrogens with zero attached hydrogens (tertiary/aromatic N) is 2. The van der Waals surface area contributed by atoms with Gasteiger partial charge < -0.3 is 9.72 Å². The maximum absolute atomic E-state index is 11.3. The molecule has 5 rings (SSSR count). The number of halogens is 1. The Labute approximate surface area is 193 Å². The molecule has 0 saturated carbocycles. The van der Waals surface area contributed by atoms with Crippen molar-refractivity contribution in [1.82, 2.24) is 15.0 Å². The number of fused-ring (bicyclic) bond motifs is 1. The Morgan fingerprint density at radius 2 is 1.91 bits per heavy atom. The third-order valence-corrected chi connectivity index (χ3v) is 6.15. The number of thiazole rings is 1. The van der Waals surface area contributed by atoms with Crippen LogP contribution in [0.3, 0.4) is 0 Å². The number of hydrogen-bond acceptors (Lipinski definition) is 5. The molecule has 0 radical (unpaired) electrons. The molecule has 0 aliphatic rings. The van der Waals surface area contributed by atoms with Crippen molar-refractivity contribution in [2.24, 2.45) is 0 Å². The molecule has 158 valence electrons. The number of aromatic amines is 1. The molecule has 0 spiro atoms. The van der Waals surface area contributed by atoms with Gasteiger partial charge in [0.2, 0.25) is 0 Å². The average Bonchev–Trinajstić information content (AvgIpc) is 3.46. The molecule has 3 aromatic carbocycles. The van der Waals surface area contributed by atoms with Crippen LogP contribution in [0.15, 0.2) is 72.1 Å². The Balaban J connectivity index is 1.39. The van der Waals surface area contributed by atoms with Gasteiger partial charge in [-0.3, -0.25) is 4.79 Å². The SMILES string of the molecule is O=Cc1cccc2[nH]c(-c3csc(Cc4cc(Cl)ccc4OCc4ccccc4)n3)nc12. The van der Waals surface area contributed by atoms with E-state index in [4.69, 9.17) is 21.3 Å². The van der Waals surface area contributed by atoms with Gasteiger partial charge in [0, 0.05) is 28.0 Å². The molecule has 32 heavy (non-hydrogen) atoms. The van der Waals surface area contributed by atoms with Gasteiger partial charge in [-0.2, -0.15) is 0 Å². The van der Waals surface area contributed by atoms with E-state index in [1.807, 2.05) is 66.0 Å². The van der Waals surface area contributed by atoms with E-state index < -0.39 is 0 Å². The summed E-state index contributed by atoms with van der Waals surface area (Å²) in [6.45, 7) is 0.483. The molecule has 0 aliphatic carbocycles. The lowest BCUT2D eigenvalue weighted by molar-refractivity contribution is 0.112. The van der Waals surface area contributed by atoms with Crippen molar-refractivity contribution >= 4 is 40.3 Å². The summed E-state index contributed by atoms with van der Waals surface area (Å²) in [6, 6.07) is 21.2. The van der Waals surface area contributed by atoms with Gasteiger partial charge in [-0.05, 0) is 35.9 Å². The van der Waals surface area contributed by atoms with E-state index in [9.17, 15) is 4.79 Å². The van der Waals surface area contributed by atoms with Crippen LogP contribution in [-0.2, 0) is 13.0 Å². The van der Waals surface area contributed by atoms with Crippen LogP contribution in [0.4, 0.5) is 0 Å². The summed E-state index contributed by atoms with van der Waals surface area (Å²) in [7, 11) is 0. The fourth-order valence-corrected chi connectivity index (χ4v) is 4.49. The minimum absolute atomic E-state index is 0.483. The first-order chi connectivity index (χ1) is 15.7. The molecule has 5 nitrogen and oxygen atoms in total. The van der Waals surface area contributed by atoms with Gasteiger partial charge in [-0.15, -0.1) is 11.3 Å². The molecule has 7 heteroatoms. The number of aldehydes is 1. The van der Waals surface area contributed by atoms with E-state index in [1.165, 1.54) is 0 Å². The Bertz CT molecular complexity index is 1400. The molecule has 0 aliphatic heterocycles. The topological polar surface area (TPSA) is 67.9 Å². The predicted molar refractivity (Wildman–Crippen MR) is 128 cm³/mol. The highest BCUT2D eigenvalue weighted by atomic mass is 35.5. The molecule has 0 saturated heterocycles. The Morgan fingerprint density at radius 3 is 2.75 bits per heavy atom. The van der Waals surface area contributed by atoms with Crippen LogP contribution >= 0.6 is 22.9 Å². The van der Waals surface area contributed by atoms with E-state index in [-0.39, 0.29) is 0 Å². The number of ether oxygens (including phenoxy) is 1. The number of carbonyl (C=O) groups excluding carboxylic acids is 1. The summed E-state index contributed by atoms with van der Waals surface area (Å²) in [6.07, 6.45) is 1.41. The second-order valence-corrected chi connectivity index (χ2v) is 8.66. The zero-order valence-electron chi connectivity index (χ0n) is 16.9. The molecule has 0 amide bonds. The van der Waals surface area contributed by atoms with Gasteiger partial charge in [0.25, 0.3) is 0 Å². The molecule has 0 bridgehead atoms. The molecule has 2 aromatic heterocycles. The van der Waals surface area contributed by atoms with Gasteiger partial charge in [-0.1, -0.05) is 48.0 Å². The first kappa shape index (κ1) is 20.4. The van der Waals surface area contributed by atoms with Crippen LogP contribution in [0.2, 0.25) is 5.02 Å². The van der Waals surface area contributed by atoms with Crippen LogP contribution in [0.1, 0.15) is 26.5 Å². The van der Waals surface area contributed by atoms with Gasteiger partial charge in [0.1, 0.15) is 18.1 Å². The predicted octanol–water partition coefficient (Wildman–Crippen LogP) is 6.32. The van der Waals surface area contributed by atoms with Crippen molar-refractivity contribution in [3.63, 3.8) is 0 Å². The van der Waals surface area contributed by atoms with Crippen molar-refractivity contribution in [3.05, 3.63) is 98.8 Å². The van der Waals surface area contributed by atoms with E-state index in [0.29, 0.717) is 35.0 Å². The number of para-hydroxylation sites is 1. The third-order valence-electron chi connectivity index (χ3n) is 5.07. The highest BCUT2D eigenvalue weighted by molar-refractivity contribution is 7.10. The summed E-state index contributed by atoms with van der Waals surface area (Å²) in [5.74, 6) is 1.43. The summed E-state index contributed by atoms with van der Waals surface area (Å²) >= 11 is 7.81. The molecule has 2 heterocycles. The largest absolute Gasteiger partial charge is 0.489 e. The second kappa shape index (κ2) is 8.94. The van der Waals surface area contributed by atoms with Crippen molar-refractivity contribution in [2.45, 2.75) is 13.0 Å². The molecule has 0 fully saturated rings. The van der Waals surface area contributed by atoms with Crippen molar-refractivity contribution in [1.29, 1.82) is 0 Å². The zero-order chi connectivity index (χ0) is 21.9. The minimum Gasteiger partial charge on any atom is -0.489 e. The lowest BCUT2D eigenvalue weighted by atomic mass is 10.1. The lowest BCUT2D eigenvalue weighted by Crippen LogP contribution is -1.99. The highest BCUT2D eigenvalue weighted by Gasteiger charge is 2.14. The number of rotatable bonds is 7. The van der Waals surface area contributed by atoms with Crippen LogP contribution in [0, 0.1) is 0 Å². The summed E-state index contributed by atoms with van der Waals surface area (Å²) < 4.78 is 6.07. The van der Waals surface area contributed by atoms with E-state index >= 15 is 0 Å². The third kappa shape index (κ3) is 4.28. The van der Waals surface area contributed by atoms with E-state index in [2.05, 4.69) is 9.97 Å². The number of nitrogens with one attached hydrogen (secondary N) is 1. The number of H-pyrrole nitrogens is 1. The Morgan fingerprint density at radius 1 is 1.03 bits per heavy atom. The smallest absolute Gasteiger partial charge is 0.158 e. The number of imidazole rings is 1. The van der Waals surface area contributed by atoms with Gasteiger partial charge in [0.15, 0.2) is 12.1 Å². The fraction of sp³-hybridized carbons (Fsp3) is 0.0800. The van der Waals surface area contributed by atoms with E-state index in [0.717, 1.165) is 39.4 Å². The zero-order valence-corrected chi connectivity index (χ0v) is 18.5. The van der Waals surface area contributed by atoms with Crippen molar-refractivity contribution in [3.8, 4) is 17.3 Å². The average molecular weight is 460 g/mol. The van der Waals surface area contributed by atoms with Crippen LogP contribution < -0.4 is 4.74 Å². The Hall–Kier alpha value is -3.48. The van der Waals surface area contributed by atoms with Crippen molar-refractivity contribution < 1.29 is 9.53 Å². The first-order valence-electron chi connectivity index (χ1n) is 10.0. The number of aromatic nitrogens is 3. The maximum atomic E-state index is 11.3. The Kier molecular flexibility index (Phi) is 5.71. The molecule has 5 aromatic rings. The van der Waals surface area contributed by atoms with Crippen molar-refractivity contribution in [2.75, 3.05) is 0 Å². The number of carbonyl (C=O) groups is 1. The normalized spacial score (nSPS) is 11.0. The lowest BCUT2D eigenvalue weighted by Gasteiger charge is -2.11. The highest BCUT2D eigenvalue weighted by Crippen LogP contribution is 2.29. The number of benzene rings is 3. The summed E-state index contributed by atoms with van der Waals surface area (Å²) in [5.41, 5.74) is 4.84. The summed E-state index contributed by atoms with van der Waals surface area (Å²) in [5, 5.41) is 3.54. The van der Waals surface area contributed by atoms with Crippen LogP contribution in [0.25, 0.3) is 22.6 Å². The van der Waals surface area contributed by atoms with E-state index in [1.54, 1.807) is 17.4 Å². The first-order valence-corrected chi connectivity index (χ1v) is 11.3. The minimum atomic E-state index is 0.483. The summed E-state index contributed by atoms with van der Waals surface area (Å²) in [4.78, 5) is 23.9. The van der Waals surface area contributed by atoms with Gasteiger partial charge in [-0.25, -0.2) is 9.97 Å². The van der Waals surface area contributed by atoms with Gasteiger partial charge in [0.05, 0.1) is 16.0 Å². The van der Waals surface area contributed by atoms with Crippen LogP contribution in [0.5, 0.6) is 5.75 Å². The molecule has 0 unspecified atom stereocenters. The van der Waals surface area contributed by atoms with Crippen LogP contribution in [-0.4, -0.2) is 21.2 Å². The molecular formula is C25H18ClN3O2S. The standard InChI is InChI=1S/C25H18ClN3O2S/c26-19-9-10-22(31-14-16-5-2-1-3-6-16)18(11-19)12-23-27-21(15-32-23)25-28-20-8-4-7-17(13-30)24(20)29-25/h1-11,13,15H,12,14H2,(H,28,29). The number of hydrogen-bond donors (Lipinski definition) is 1. The van der Waals surface area contributed by atoms with Gasteiger partial charge >= 0.3 is 0 Å². The second-order valence-electron chi connectivity index (χ2n) is 7.28. The monoisotopic (exact) mass is 459 g/mol.